The maximum Gasteiger partial charge on any atom is 0.371 e. The van der Waals surface area contributed by atoms with Crippen LogP contribution < -0.4 is 10.6 Å². The molecule has 0 saturated carbocycles. The molecule has 3 N–H and O–H groups in total. The standard InChI is InChI=1S/C17H18N2O5/c1-17(2,18-9-10-20)16(23)19-12-5-3-11(4-6-12)13-7-8-14(24-13)15(21)22/h3-8,10,18H,9H2,1-2H3,(H,19,23)(H,21,22). The molecule has 0 fully saturated rings. The molecule has 0 aliphatic heterocycles. The molecule has 7 heteroatoms. The molecule has 126 valence electrons. The largest absolute Gasteiger partial charge is 0.475 e. The highest BCUT2D eigenvalue weighted by Crippen LogP contribution is 2.24. The van der Waals surface area contributed by atoms with Gasteiger partial charge < -0.3 is 19.6 Å². The van der Waals surface area contributed by atoms with Gasteiger partial charge in [-0.05, 0) is 50.2 Å². The van der Waals surface area contributed by atoms with Crippen LogP contribution in [0.4, 0.5) is 5.69 Å². The van der Waals surface area contributed by atoms with Gasteiger partial charge in [0.15, 0.2) is 0 Å². The third-order valence-electron chi connectivity index (χ3n) is 3.44. The Morgan fingerprint density at radius 2 is 1.83 bits per heavy atom. The Morgan fingerprint density at radius 1 is 1.17 bits per heavy atom. The molecule has 7 nitrogen and oxygen atoms in total. The monoisotopic (exact) mass is 330 g/mol. The van der Waals surface area contributed by atoms with E-state index in [1.54, 1.807) is 44.2 Å². The average Bonchev–Trinajstić information content (AvgIpc) is 3.04. The predicted molar refractivity (Wildman–Crippen MR) is 87.9 cm³/mol. The molecule has 0 radical (unpaired) electrons. The molecule has 0 unspecified atom stereocenters. The number of benzene rings is 1. The van der Waals surface area contributed by atoms with E-state index in [1.807, 2.05) is 0 Å². The predicted octanol–water partition coefficient (Wildman–Crippen LogP) is 2.15. The van der Waals surface area contributed by atoms with Gasteiger partial charge in [-0.25, -0.2) is 4.79 Å². The van der Waals surface area contributed by atoms with Crippen molar-refractivity contribution in [3.8, 4) is 11.3 Å². The van der Waals surface area contributed by atoms with Crippen LogP contribution in [-0.2, 0) is 9.59 Å². The molecule has 2 aromatic rings. The van der Waals surface area contributed by atoms with E-state index >= 15 is 0 Å². The number of carboxylic acids is 1. The fraction of sp³-hybridized carbons (Fsp3) is 0.235. The van der Waals surface area contributed by atoms with Crippen molar-refractivity contribution in [2.75, 3.05) is 11.9 Å². The summed E-state index contributed by atoms with van der Waals surface area (Å²) in [5.41, 5.74) is 0.380. The van der Waals surface area contributed by atoms with Crippen molar-refractivity contribution in [3.63, 3.8) is 0 Å². The topological polar surface area (TPSA) is 109 Å². The zero-order chi connectivity index (χ0) is 17.7. The van der Waals surface area contributed by atoms with Crippen LogP contribution in [0, 0.1) is 0 Å². The summed E-state index contributed by atoms with van der Waals surface area (Å²) >= 11 is 0. The summed E-state index contributed by atoms with van der Waals surface area (Å²) in [4.78, 5) is 33.4. The normalized spacial score (nSPS) is 11.1. The average molecular weight is 330 g/mol. The van der Waals surface area contributed by atoms with Gasteiger partial charge in [0.05, 0.1) is 12.1 Å². The summed E-state index contributed by atoms with van der Waals surface area (Å²) in [6, 6.07) is 9.76. The molecule has 1 aromatic carbocycles. The van der Waals surface area contributed by atoms with Crippen LogP contribution in [0.3, 0.4) is 0 Å². The Balaban J connectivity index is 2.07. The summed E-state index contributed by atoms with van der Waals surface area (Å²) < 4.78 is 5.22. The van der Waals surface area contributed by atoms with E-state index in [2.05, 4.69) is 10.6 Å². The summed E-state index contributed by atoms with van der Waals surface area (Å²) in [6.07, 6.45) is 0.693. The maximum absolute atomic E-state index is 12.2. The Labute approximate surface area is 138 Å². The fourth-order valence-corrected chi connectivity index (χ4v) is 1.99. The van der Waals surface area contributed by atoms with E-state index in [-0.39, 0.29) is 18.2 Å². The Kier molecular flexibility index (Phi) is 5.15. The van der Waals surface area contributed by atoms with Crippen molar-refractivity contribution in [1.82, 2.24) is 5.32 Å². The SMILES string of the molecule is CC(C)(NCC=O)C(=O)Nc1ccc(-c2ccc(C(=O)O)o2)cc1. The summed E-state index contributed by atoms with van der Waals surface area (Å²) in [6.45, 7) is 3.44. The minimum absolute atomic E-state index is 0.0871. The van der Waals surface area contributed by atoms with E-state index in [1.165, 1.54) is 6.07 Å². The smallest absolute Gasteiger partial charge is 0.371 e. The van der Waals surface area contributed by atoms with Gasteiger partial charge in [0.2, 0.25) is 11.7 Å². The van der Waals surface area contributed by atoms with Gasteiger partial charge in [-0.1, -0.05) is 0 Å². The van der Waals surface area contributed by atoms with Crippen LogP contribution in [-0.4, -0.2) is 35.4 Å². The number of hydrogen-bond acceptors (Lipinski definition) is 5. The number of hydrogen-bond donors (Lipinski definition) is 3. The molecule has 0 spiro atoms. The van der Waals surface area contributed by atoms with Crippen LogP contribution >= 0.6 is 0 Å². The first-order valence-corrected chi connectivity index (χ1v) is 7.27. The van der Waals surface area contributed by atoms with Gasteiger partial charge >= 0.3 is 5.97 Å². The second-order valence-electron chi connectivity index (χ2n) is 5.67. The number of nitrogens with one attached hydrogen (secondary N) is 2. The van der Waals surface area contributed by atoms with Crippen LogP contribution in [0.1, 0.15) is 24.4 Å². The lowest BCUT2D eigenvalue weighted by Gasteiger charge is -2.24. The molecule has 1 amide bonds. The van der Waals surface area contributed by atoms with Gasteiger partial charge in [-0.3, -0.25) is 10.1 Å². The Hall–Kier alpha value is -2.93. The maximum atomic E-state index is 12.2. The number of aldehydes is 1. The summed E-state index contributed by atoms with van der Waals surface area (Å²) in [5.74, 6) is -1.11. The Bertz CT molecular complexity index is 747. The fourth-order valence-electron chi connectivity index (χ4n) is 1.99. The zero-order valence-corrected chi connectivity index (χ0v) is 13.3. The highest BCUT2D eigenvalue weighted by molar-refractivity contribution is 5.97. The van der Waals surface area contributed by atoms with Crippen molar-refractivity contribution in [1.29, 1.82) is 0 Å². The van der Waals surface area contributed by atoms with Crippen molar-refractivity contribution in [3.05, 3.63) is 42.2 Å². The third kappa shape index (κ3) is 4.08. The first-order valence-electron chi connectivity index (χ1n) is 7.27. The molecule has 0 aliphatic rings. The number of rotatable bonds is 7. The zero-order valence-electron chi connectivity index (χ0n) is 13.3. The van der Waals surface area contributed by atoms with E-state index < -0.39 is 11.5 Å². The van der Waals surface area contributed by atoms with Crippen LogP contribution in [0.15, 0.2) is 40.8 Å². The number of carboxylic acid groups (broad SMARTS) is 1. The van der Waals surface area contributed by atoms with Gasteiger partial charge in [0, 0.05) is 11.3 Å². The number of furan rings is 1. The van der Waals surface area contributed by atoms with E-state index in [9.17, 15) is 14.4 Å². The molecule has 1 heterocycles. The third-order valence-corrected chi connectivity index (χ3v) is 3.44. The molecule has 0 aliphatic carbocycles. The van der Waals surface area contributed by atoms with Crippen molar-refractivity contribution < 1.29 is 23.9 Å². The summed E-state index contributed by atoms with van der Waals surface area (Å²) in [7, 11) is 0. The van der Waals surface area contributed by atoms with Crippen molar-refractivity contribution in [2.24, 2.45) is 0 Å². The molecule has 2 rings (SSSR count). The van der Waals surface area contributed by atoms with E-state index in [0.29, 0.717) is 23.3 Å². The van der Waals surface area contributed by atoms with Crippen LogP contribution in [0.25, 0.3) is 11.3 Å². The Morgan fingerprint density at radius 3 is 2.38 bits per heavy atom. The number of carbonyl (C=O) groups excluding carboxylic acids is 2. The van der Waals surface area contributed by atoms with Crippen LogP contribution in [0.2, 0.25) is 0 Å². The van der Waals surface area contributed by atoms with Crippen molar-refractivity contribution >= 4 is 23.9 Å². The number of aromatic carboxylic acids is 1. The lowest BCUT2D eigenvalue weighted by atomic mass is 10.0. The first-order chi connectivity index (χ1) is 11.3. The quantitative estimate of drug-likeness (QED) is 0.671. The lowest BCUT2D eigenvalue weighted by Crippen LogP contribution is -2.50. The second kappa shape index (κ2) is 7.10. The summed E-state index contributed by atoms with van der Waals surface area (Å²) in [5, 5.41) is 14.4. The number of amides is 1. The molecule has 0 bridgehead atoms. The molecule has 24 heavy (non-hydrogen) atoms. The van der Waals surface area contributed by atoms with Crippen LogP contribution in [0.5, 0.6) is 0 Å². The van der Waals surface area contributed by atoms with Gasteiger partial charge in [-0.2, -0.15) is 0 Å². The van der Waals surface area contributed by atoms with Gasteiger partial charge in [0.25, 0.3) is 0 Å². The molecule has 1 aromatic heterocycles. The lowest BCUT2D eigenvalue weighted by molar-refractivity contribution is -0.121. The molecular weight excluding hydrogens is 312 g/mol. The second-order valence-corrected chi connectivity index (χ2v) is 5.67. The first kappa shape index (κ1) is 17.4. The van der Waals surface area contributed by atoms with Crippen molar-refractivity contribution in [2.45, 2.75) is 19.4 Å². The molecular formula is C17H18N2O5. The number of carbonyl (C=O) groups is 3. The minimum Gasteiger partial charge on any atom is -0.475 e. The number of anilines is 1. The highest BCUT2D eigenvalue weighted by Gasteiger charge is 2.26. The van der Waals surface area contributed by atoms with E-state index in [4.69, 9.17) is 9.52 Å². The molecule has 0 saturated heterocycles. The van der Waals surface area contributed by atoms with Gasteiger partial charge in [0.1, 0.15) is 12.0 Å². The van der Waals surface area contributed by atoms with Gasteiger partial charge in [-0.15, -0.1) is 0 Å². The molecule has 0 atom stereocenters. The minimum atomic E-state index is -1.13. The van der Waals surface area contributed by atoms with E-state index in [0.717, 1.165) is 0 Å². The highest BCUT2D eigenvalue weighted by atomic mass is 16.4.